The Bertz CT molecular complexity index is 1060. The fourth-order valence-corrected chi connectivity index (χ4v) is 3.79. The number of benzene rings is 1. The first-order valence-electron chi connectivity index (χ1n) is 7.75. The molecule has 0 saturated carbocycles. The van der Waals surface area contributed by atoms with Crippen molar-refractivity contribution in [3.63, 3.8) is 0 Å². The number of aromatic amines is 1. The summed E-state index contributed by atoms with van der Waals surface area (Å²) in [7, 11) is 0. The minimum Gasteiger partial charge on any atom is -0.322 e. The van der Waals surface area contributed by atoms with E-state index in [1.165, 1.54) is 10.8 Å². The SMILES string of the molecule is CC(C)c1c(-c2cc(-c3ccccc3)cs2)[nH]c2ncnn2c1=O. The molecule has 5 nitrogen and oxygen atoms in total. The number of nitrogens with zero attached hydrogens (tertiary/aromatic N) is 3. The second kappa shape index (κ2) is 5.72. The molecule has 1 N–H and O–H groups in total. The molecule has 0 saturated heterocycles. The zero-order valence-corrected chi connectivity index (χ0v) is 14.2. The Morgan fingerprint density at radius 2 is 1.96 bits per heavy atom. The minimum absolute atomic E-state index is 0.0830. The molecule has 3 heterocycles. The summed E-state index contributed by atoms with van der Waals surface area (Å²) in [5, 5.41) is 6.13. The second-order valence-electron chi connectivity index (χ2n) is 5.93. The van der Waals surface area contributed by atoms with Gasteiger partial charge in [0, 0.05) is 5.56 Å². The zero-order valence-electron chi connectivity index (χ0n) is 13.4. The Hall–Kier alpha value is -2.73. The highest BCUT2D eigenvalue weighted by Gasteiger charge is 2.19. The molecule has 3 aromatic heterocycles. The highest BCUT2D eigenvalue weighted by atomic mass is 32.1. The maximum atomic E-state index is 12.7. The van der Waals surface area contributed by atoms with Gasteiger partial charge in [0.05, 0.1) is 10.6 Å². The summed E-state index contributed by atoms with van der Waals surface area (Å²) in [4.78, 5) is 21.2. The van der Waals surface area contributed by atoms with Crippen LogP contribution in [-0.2, 0) is 0 Å². The molecule has 4 rings (SSSR count). The van der Waals surface area contributed by atoms with Crippen molar-refractivity contribution in [2.24, 2.45) is 0 Å². The third-order valence-corrected chi connectivity index (χ3v) is 4.95. The van der Waals surface area contributed by atoms with Crippen LogP contribution in [0.3, 0.4) is 0 Å². The van der Waals surface area contributed by atoms with Crippen LogP contribution in [0.5, 0.6) is 0 Å². The molecule has 24 heavy (non-hydrogen) atoms. The molecule has 0 radical (unpaired) electrons. The maximum absolute atomic E-state index is 12.7. The molecule has 0 bridgehead atoms. The third kappa shape index (κ3) is 2.35. The first-order chi connectivity index (χ1) is 11.6. The summed E-state index contributed by atoms with van der Waals surface area (Å²) in [5.41, 5.74) is 3.77. The van der Waals surface area contributed by atoms with Crippen molar-refractivity contribution in [2.45, 2.75) is 19.8 Å². The number of hydrogen-bond donors (Lipinski definition) is 1. The van der Waals surface area contributed by atoms with Crippen LogP contribution >= 0.6 is 11.3 Å². The van der Waals surface area contributed by atoms with Crippen molar-refractivity contribution in [1.29, 1.82) is 0 Å². The van der Waals surface area contributed by atoms with Gasteiger partial charge in [-0.15, -0.1) is 11.3 Å². The molecule has 0 aliphatic rings. The maximum Gasteiger partial charge on any atom is 0.279 e. The van der Waals surface area contributed by atoms with E-state index in [0.29, 0.717) is 5.78 Å². The Labute approximate surface area is 142 Å². The van der Waals surface area contributed by atoms with Crippen molar-refractivity contribution in [1.82, 2.24) is 19.6 Å². The van der Waals surface area contributed by atoms with E-state index in [4.69, 9.17) is 0 Å². The van der Waals surface area contributed by atoms with E-state index in [1.54, 1.807) is 11.3 Å². The van der Waals surface area contributed by atoms with Crippen LogP contribution in [0.2, 0.25) is 0 Å². The monoisotopic (exact) mass is 336 g/mol. The summed E-state index contributed by atoms with van der Waals surface area (Å²) < 4.78 is 1.32. The first-order valence-corrected chi connectivity index (χ1v) is 8.63. The Balaban J connectivity index is 1.92. The van der Waals surface area contributed by atoms with Gasteiger partial charge >= 0.3 is 0 Å². The molecule has 0 aliphatic carbocycles. The van der Waals surface area contributed by atoms with Crippen molar-refractivity contribution in [3.8, 4) is 21.7 Å². The third-order valence-electron chi connectivity index (χ3n) is 4.01. The van der Waals surface area contributed by atoms with Gasteiger partial charge in [-0.3, -0.25) is 4.79 Å². The Kier molecular flexibility index (Phi) is 3.54. The van der Waals surface area contributed by atoms with E-state index in [-0.39, 0.29) is 11.5 Å². The Morgan fingerprint density at radius 3 is 2.71 bits per heavy atom. The highest BCUT2D eigenvalue weighted by Crippen LogP contribution is 2.34. The van der Waals surface area contributed by atoms with Gasteiger partial charge in [0.25, 0.3) is 5.56 Å². The van der Waals surface area contributed by atoms with Crippen molar-refractivity contribution >= 4 is 17.1 Å². The smallest absolute Gasteiger partial charge is 0.279 e. The van der Waals surface area contributed by atoms with Crippen LogP contribution in [0.1, 0.15) is 25.3 Å². The zero-order chi connectivity index (χ0) is 16.7. The average molecular weight is 336 g/mol. The van der Waals surface area contributed by atoms with Gasteiger partial charge in [-0.1, -0.05) is 44.2 Å². The van der Waals surface area contributed by atoms with Crippen molar-refractivity contribution in [3.05, 3.63) is 64.0 Å². The number of hydrogen-bond acceptors (Lipinski definition) is 4. The van der Waals surface area contributed by atoms with Crippen molar-refractivity contribution < 1.29 is 0 Å². The molecule has 0 aliphatic heterocycles. The Morgan fingerprint density at radius 1 is 1.17 bits per heavy atom. The van der Waals surface area contributed by atoms with E-state index < -0.39 is 0 Å². The lowest BCUT2D eigenvalue weighted by Crippen LogP contribution is -2.22. The number of nitrogens with one attached hydrogen (secondary N) is 1. The van der Waals surface area contributed by atoms with E-state index in [2.05, 4.69) is 38.6 Å². The lowest BCUT2D eigenvalue weighted by atomic mass is 10.0. The molecule has 1 aromatic carbocycles. The molecular formula is C18H16N4OS. The number of aromatic nitrogens is 4. The van der Waals surface area contributed by atoms with Gasteiger partial charge in [0.1, 0.15) is 6.33 Å². The molecular weight excluding hydrogens is 320 g/mol. The summed E-state index contributed by atoms with van der Waals surface area (Å²) in [5.74, 6) is 0.550. The molecule has 6 heteroatoms. The molecule has 0 spiro atoms. The molecule has 0 fully saturated rings. The lowest BCUT2D eigenvalue weighted by Gasteiger charge is -2.10. The highest BCUT2D eigenvalue weighted by molar-refractivity contribution is 7.14. The first kappa shape index (κ1) is 14.8. The molecule has 0 atom stereocenters. The van der Waals surface area contributed by atoms with Gasteiger partial charge in [-0.05, 0) is 28.5 Å². The minimum atomic E-state index is -0.110. The number of H-pyrrole nitrogens is 1. The summed E-state index contributed by atoms with van der Waals surface area (Å²) in [6.07, 6.45) is 1.39. The van der Waals surface area contributed by atoms with Crippen LogP contribution in [0.4, 0.5) is 0 Å². The van der Waals surface area contributed by atoms with E-state index in [0.717, 1.165) is 27.3 Å². The number of fused-ring (bicyclic) bond motifs is 1. The summed E-state index contributed by atoms with van der Waals surface area (Å²) in [6, 6.07) is 12.3. The number of rotatable bonds is 3. The normalized spacial score (nSPS) is 11.5. The lowest BCUT2D eigenvalue weighted by molar-refractivity contribution is 0.797. The van der Waals surface area contributed by atoms with Crippen LogP contribution in [-0.4, -0.2) is 19.6 Å². The summed E-state index contributed by atoms with van der Waals surface area (Å²) in [6.45, 7) is 4.03. The van der Waals surface area contributed by atoms with Crippen LogP contribution in [0.15, 0.2) is 52.9 Å². The molecule has 0 amide bonds. The predicted molar refractivity (Wildman–Crippen MR) is 96.4 cm³/mol. The largest absolute Gasteiger partial charge is 0.322 e. The van der Waals surface area contributed by atoms with Crippen LogP contribution < -0.4 is 5.56 Å². The van der Waals surface area contributed by atoms with E-state index in [1.807, 2.05) is 32.0 Å². The van der Waals surface area contributed by atoms with Gasteiger partial charge in [0.15, 0.2) is 0 Å². The van der Waals surface area contributed by atoms with Crippen molar-refractivity contribution in [2.75, 3.05) is 0 Å². The van der Waals surface area contributed by atoms with E-state index >= 15 is 0 Å². The van der Waals surface area contributed by atoms with Gasteiger partial charge in [0.2, 0.25) is 5.78 Å². The van der Waals surface area contributed by atoms with E-state index in [9.17, 15) is 4.79 Å². The van der Waals surface area contributed by atoms with Crippen LogP contribution in [0, 0.1) is 0 Å². The van der Waals surface area contributed by atoms with Crippen LogP contribution in [0.25, 0.3) is 27.5 Å². The standard InChI is InChI=1S/C18H16N4OS/c1-11(2)15-16(21-18-19-10-20-22(18)17(15)23)14-8-13(9-24-14)12-6-4-3-5-7-12/h3-11H,1-2H3,(H,19,20,21). The summed E-state index contributed by atoms with van der Waals surface area (Å²) >= 11 is 1.62. The topological polar surface area (TPSA) is 63.1 Å². The fourth-order valence-electron chi connectivity index (χ4n) is 2.85. The quantitative estimate of drug-likeness (QED) is 0.616. The average Bonchev–Trinajstić information content (AvgIpc) is 3.24. The predicted octanol–water partition coefficient (Wildman–Crippen LogP) is 3.94. The molecule has 4 aromatic rings. The fraction of sp³-hybridized carbons (Fsp3) is 0.167. The van der Waals surface area contributed by atoms with Gasteiger partial charge in [-0.25, -0.2) is 0 Å². The molecule has 120 valence electrons. The van der Waals surface area contributed by atoms with Gasteiger partial charge < -0.3 is 4.98 Å². The second-order valence-corrected chi connectivity index (χ2v) is 6.85. The van der Waals surface area contributed by atoms with Gasteiger partial charge in [-0.2, -0.15) is 14.6 Å². The number of thiophene rings is 1. The molecule has 0 unspecified atom stereocenters.